The fraction of sp³-hybridized carbons (Fsp3) is 0.227. The van der Waals surface area contributed by atoms with Crippen molar-refractivity contribution in [3.8, 4) is 0 Å². The van der Waals surface area contributed by atoms with Gasteiger partial charge in [0, 0.05) is 5.56 Å². The molecule has 0 heterocycles. The molecule has 0 aliphatic heterocycles. The van der Waals surface area contributed by atoms with E-state index in [1.165, 1.54) is 0 Å². The number of benzene rings is 2. The maximum Gasteiger partial charge on any atom is 0.174 e. The van der Waals surface area contributed by atoms with Crippen molar-refractivity contribution in [1.29, 1.82) is 0 Å². The molecule has 0 saturated carbocycles. The van der Waals surface area contributed by atoms with Gasteiger partial charge in [0.25, 0.3) is 0 Å². The third-order valence-corrected chi connectivity index (χ3v) is 4.38. The molecule has 0 fully saturated rings. The van der Waals surface area contributed by atoms with E-state index in [1.807, 2.05) is 60.7 Å². The van der Waals surface area contributed by atoms with E-state index in [0.717, 1.165) is 23.1 Å². The summed E-state index contributed by atoms with van der Waals surface area (Å²) >= 11 is 0. The van der Waals surface area contributed by atoms with E-state index in [9.17, 15) is 4.79 Å². The van der Waals surface area contributed by atoms with Gasteiger partial charge in [0.2, 0.25) is 0 Å². The van der Waals surface area contributed by atoms with Gasteiger partial charge in [-0.3, -0.25) is 4.79 Å². The van der Waals surface area contributed by atoms with Gasteiger partial charge in [-0.25, -0.2) is 0 Å². The molecule has 1 nitrogen and oxygen atoms in total. The standard InChI is InChI=1S/C22H22O/c1-22(2)15-13-18(14-16-22)20(17-9-5-3-6-10-17)21(23)19-11-7-4-8-12-19/h3-15,20H,16H2,1-2H3. The van der Waals surface area contributed by atoms with Gasteiger partial charge in [-0.1, -0.05) is 92.7 Å². The van der Waals surface area contributed by atoms with E-state index in [-0.39, 0.29) is 17.1 Å². The third kappa shape index (κ3) is 3.50. The lowest BCUT2D eigenvalue weighted by Gasteiger charge is -2.26. The third-order valence-electron chi connectivity index (χ3n) is 4.38. The Labute approximate surface area is 138 Å². The Morgan fingerprint density at radius 2 is 1.57 bits per heavy atom. The molecular weight excluding hydrogens is 280 g/mol. The van der Waals surface area contributed by atoms with Crippen LogP contribution in [0.2, 0.25) is 0 Å². The average molecular weight is 302 g/mol. The van der Waals surface area contributed by atoms with Crippen LogP contribution >= 0.6 is 0 Å². The summed E-state index contributed by atoms with van der Waals surface area (Å²) in [5, 5.41) is 0. The van der Waals surface area contributed by atoms with Crippen molar-refractivity contribution < 1.29 is 4.79 Å². The van der Waals surface area contributed by atoms with Crippen molar-refractivity contribution in [2.45, 2.75) is 26.2 Å². The molecule has 0 N–H and O–H groups in total. The number of Topliss-reactive ketones (excluding diaryl/α,β-unsaturated/α-hetero) is 1. The topological polar surface area (TPSA) is 17.1 Å². The van der Waals surface area contributed by atoms with Crippen molar-refractivity contribution in [3.05, 3.63) is 95.6 Å². The van der Waals surface area contributed by atoms with Crippen molar-refractivity contribution in [2.24, 2.45) is 5.41 Å². The fourth-order valence-electron chi connectivity index (χ4n) is 2.96. The molecule has 1 aliphatic rings. The van der Waals surface area contributed by atoms with Gasteiger partial charge in [0.05, 0.1) is 5.92 Å². The molecule has 2 aromatic carbocycles. The van der Waals surface area contributed by atoms with Crippen molar-refractivity contribution >= 4 is 5.78 Å². The first-order valence-corrected chi connectivity index (χ1v) is 8.10. The summed E-state index contributed by atoms with van der Waals surface area (Å²) in [4.78, 5) is 13.1. The van der Waals surface area contributed by atoms with Crippen LogP contribution in [0.5, 0.6) is 0 Å². The Morgan fingerprint density at radius 3 is 2.13 bits per heavy atom. The van der Waals surface area contributed by atoms with E-state index in [4.69, 9.17) is 0 Å². The summed E-state index contributed by atoms with van der Waals surface area (Å²) < 4.78 is 0. The number of ketones is 1. The molecule has 0 aromatic heterocycles. The molecule has 1 heteroatoms. The molecule has 23 heavy (non-hydrogen) atoms. The second-order valence-corrected chi connectivity index (χ2v) is 6.80. The number of rotatable bonds is 4. The first-order chi connectivity index (χ1) is 11.1. The molecule has 0 spiro atoms. The molecule has 0 bridgehead atoms. The van der Waals surface area contributed by atoms with Crippen LogP contribution in [0, 0.1) is 5.41 Å². The molecule has 1 aliphatic carbocycles. The minimum absolute atomic E-state index is 0.160. The van der Waals surface area contributed by atoms with Crippen molar-refractivity contribution in [2.75, 3.05) is 0 Å². The normalized spacial score (nSPS) is 17.4. The van der Waals surface area contributed by atoms with E-state index in [2.05, 4.69) is 32.1 Å². The number of allylic oxidation sites excluding steroid dienone is 4. The molecule has 3 rings (SSSR count). The van der Waals surface area contributed by atoms with E-state index in [0.29, 0.717) is 0 Å². The highest BCUT2D eigenvalue weighted by atomic mass is 16.1. The van der Waals surface area contributed by atoms with Gasteiger partial charge in [-0.2, -0.15) is 0 Å². The zero-order valence-electron chi connectivity index (χ0n) is 13.7. The van der Waals surface area contributed by atoms with Gasteiger partial charge in [-0.15, -0.1) is 0 Å². The predicted octanol–water partition coefficient (Wildman–Crippen LogP) is 5.57. The second-order valence-electron chi connectivity index (χ2n) is 6.80. The number of carbonyl (C=O) groups excluding carboxylic acids is 1. The molecular formula is C22H22O. The monoisotopic (exact) mass is 302 g/mol. The molecule has 0 radical (unpaired) electrons. The summed E-state index contributed by atoms with van der Waals surface area (Å²) in [6.45, 7) is 4.43. The maximum absolute atomic E-state index is 13.1. The highest BCUT2D eigenvalue weighted by Crippen LogP contribution is 2.36. The summed E-state index contributed by atoms with van der Waals surface area (Å²) in [7, 11) is 0. The summed E-state index contributed by atoms with van der Waals surface area (Å²) in [5.41, 5.74) is 3.09. The average Bonchev–Trinajstić information content (AvgIpc) is 2.58. The van der Waals surface area contributed by atoms with Gasteiger partial charge in [-0.05, 0) is 23.0 Å². The summed E-state index contributed by atoms with van der Waals surface area (Å²) in [6.07, 6.45) is 7.53. The number of hydrogen-bond donors (Lipinski definition) is 0. The van der Waals surface area contributed by atoms with Crippen LogP contribution in [0.1, 0.15) is 42.1 Å². The van der Waals surface area contributed by atoms with Crippen LogP contribution in [-0.2, 0) is 0 Å². The van der Waals surface area contributed by atoms with Crippen LogP contribution in [0.25, 0.3) is 0 Å². The Kier molecular flexibility index (Phi) is 4.29. The highest BCUT2D eigenvalue weighted by molar-refractivity contribution is 6.03. The van der Waals surface area contributed by atoms with Gasteiger partial charge >= 0.3 is 0 Å². The summed E-state index contributed by atoms with van der Waals surface area (Å²) in [5.74, 6) is -0.0710. The molecule has 1 atom stereocenters. The molecule has 0 amide bonds. The quantitative estimate of drug-likeness (QED) is 0.675. The zero-order chi connectivity index (χ0) is 16.3. The lowest BCUT2D eigenvalue weighted by atomic mass is 9.77. The largest absolute Gasteiger partial charge is 0.293 e. The molecule has 2 aromatic rings. The van der Waals surface area contributed by atoms with Crippen molar-refractivity contribution in [3.63, 3.8) is 0 Å². The maximum atomic E-state index is 13.1. The minimum atomic E-state index is -0.231. The van der Waals surface area contributed by atoms with Crippen LogP contribution in [0.3, 0.4) is 0 Å². The first-order valence-electron chi connectivity index (χ1n) is 8.10. The molecule has 0 saturated heterocycles. The van der Waals surface area contributed by atoms with E-state index >= 15 is 0 Å². The van der Waals surface area contributed by atoms with Crippen LogP contribution in [0.4, 0.5) is 0 Å². The second kappa shape index (κ2) is 6.37. The lowest BCUT2D eigenvalue weighted by Crippen LogP contribution is -2.18. The fourth-order valence-corrected chi connectivity index (χ4v) is 2.96. The predicted molar refractivity (Wildman–Crippen MR) is 95.6 cm³/mol. The van der Waals surface area contributed by atoms with Gasteiger partial charge < -0.3 is 0 Å². The smallest absolute Gasteiger partial charge is 0.174 e. The molecule has 116 valence electrons. The Morgan fingerprint density at radius 1 is 0.957 bits per heavy atom. The van der Waals surface area contributed by atoms with Crippen molar-refractivity contribution in [1.82, 2.24) is 0 Å². The molecule has 1 unspecified atom stereocenters. The first kappa shape index (κ1) is 15.5. The summed E-state index contributed by atoms with van der Waals surface area (Å²) in [6, 6.07) is 19.6. The Bertz CT molecular complexity index is 736. The highest BCUT2D eigenvalue weighted by Gasteiger charge is 2.27. The zero-order valence-corrected chi connectivity index (χ0v) is 13.7. The Balaban J connectivity index is 2.01. The van der Waals surface area contributed by atoms with Gasteiger partial charge in [0.1, 0.15) is 0 Å². The SMILES string of the molecule is CC1(C)C=CC(C(C(=O)c2ccccc2)c2ccccc2)=CC1. The number of carbonyl (C=O) groups is 1. The minimum Gasteiger partial charge on any atom is -0.293 e. The Hall–Kier alpha value is -2.41. The van der Waals surface area contributed by atoms with Crippen LogP contribution in [-0.4, -0.2) is 5.78 Å². The van der Waals surface area contributed by atoms with E-state index < -0.39 is 0 Å². The van der Waals surface area contributed by atoms with Gasteiger partial charge in [0.15, 0.2) is 5.78 Å². The lowest BCUT2D eigenvalue weighted by molar-refractivity contribution is 0.0973. The van der Waals surface area contributed by atoms with E-state index in [1.54, 1.807) is 0 Å². The van der Waals surface area contributed by atoms with Crippen LogP contribution in [0.15, 0.2) is 84.5 Å². The number of hydrogen-bond acceptors (Lipinski definition) is 1. The van der Waals surface area contributed by atoms with Crippen LogP contribution < -0.4 is 0 Å².